The number of rotatable bonds is 5. The number of nitrogens with one attached hydrogen (secondary N) is 1. The van der Waals surface area contributed by atoms with E-state index >= 15 is 0 Å². The van der Waals surface area contributed by atoms with Gasteiger partial charge in [0.25, 0.3) is 5.91 Å². The molecule has 0 atom stereocenters. The molecule has 0 aliphatic rings. The van der Waals surface area contributed by atoms with Gasteiger partial charge < -0.3 is 4.74 Å². The number of carbonyl (C=O) groups excluding carboxylic acids is 2. The van der Waals surface area contributed by atoms with Gasteiger partial charge in [-0.05, 0) is 46.0 Å². The molecule has 0 aromatic heterocycles. The molecule has 0 spiro atoms. The van der Waals surface area contributed by atoms with Crippen LogP contribution in [0.1, 0.15) is 5.56 Å². The highest BCUT2D eigenvalue weighted by Gasteiger charge is 2.08. The number of amides is 2. The summed E-state index contributed by atoms with van der Waals surface area (Å²) in [7, 11) is 1.58. The van der Waals surface area contributed by atoms with Gasteiger partial charge in [-0.3, -0.25) is 14.9 Å². The van der Waals surface area contributed by atoms with Gasteiger partial charge in [-0.1, -0.05) is 6.07 Å². The smallest absolute Gasteiger partial charge is 0.264 e. The van der Waals surface area contributed by atoms with Gasteiger partial charge in [0.2, 0.25) is 6.41 Å². The van der Waals surface area contributed by atoms with Crippen molar-refractivity contribution in [3.05, 3.63) is 33.1 Å². The number of halogens is 1. The van der Waals surface area contributed by atoms with Crippen molar-refractivity contribution in [1.82, 2.24) is 5.32 Å². The number of carbonyl (C=O) groups is 2. The van der Waals surface area contributed by atoms with E-state index in [1.54, 1.807) is 25.5 Å². The highest BCUT2D eigenvalue weighted by molar-refractivity contribution is 9.10. The Hall–Kier alpha value is -1.27. The van der Waals surface area contributed by atoms with E-state index in [1.807, 2.05) is 12.1 Å². The predicted octanol–water partition coefficient (Wildman–Crippen LogP) is 2.43. The molecule has 0 heterocycles. The van der Waals surface area contributed by atoms with Crippen LogP contribution in [0.3, 0.4) is 0 Å². The van der Waals surface area contributed by atoms with Crippen LogP contribution in [-0.2, 0) is 9.59 Å². The first-order chi connectivity index (χ1) is 8.62. The van der Waals surface area contributed by atoms with Gasteiger partial charge in [-0.2, -0.15) is 0 Å². The maximum Gasteiger partial charge on any atom is 0.264 e. The minimum absolute atomic E-state index is 0.371. The fraction of sp³-hybridized carbons (Fsp3) is 0.167. The molecule has 0 aliphatic heterocycles. The Morgan fingerprint density at radius 1 is 1.50 bits per heavy atom. The highest BCUT2D eigenvalue weighted by atomic mass is 79.9. The van der Waals surface area contributed by atoms with Crippen LogP contribution in [-0.4, -0.2) is 25.7 Å². The molecule has 0 bridgehead atoms. The SMILES string of the molecule is COc1ccc(/C=C(/SC)C(=O)NC=O)cc1Br. The number of hydrogen-bond acceptors (Lipinski definition) is 4. The van der Waals surface area contributed by atoms with Gasteiger partial charge >= 0.3 is 0 Å². The molecule has 4 nitrogen and oxygen atoms in total. The second kappa shape index (κ2) is 7.23. The van der Waals surface area contributed by atoms with Crippen LogP contribution in [0.25, 0.3) is 6.08 Å². The first-order valence-corrected chi connectivity index (χ1v) is 6.98. The third kappa shape index (κ3) is 3.89. The first kappa shape index (κ1) is 14.8. The Labute approximate surface area is 118 Å². The summed E-state index contributed by atoms with van der Waals surface area (Å²) in [6.07, 6.45) is 3.85. The average molecular weight is 330 g/mol. The van der Waals surface area contributed by atoms with Crippen LogP contribution < -0.4 is 10.1 Å². The number of benzene rings is 1. The zero-order valence-corrected chi connectivity index (χ0v) is 12.3. The molecule has 2 amide bonds. The molecule has 1 N–H and O–H groups in total. The van der Waals surface area contributed by atoms with E-state index in [2.05, 4.69) is 21.2 Å². The summed E-state index contributed by atoms with van der Waals surface area (Å²) in [6.45, 7) is 0. The van der Waals surface area contributed by atoms with Crippen LogP contribution in [0.4, 0.5) is 0 Å². The largest absolute Gasteiger partial charge is 0.496 e. The molecule has 0 saturated carbocycles. The van der Waals surface area contributed by atoms with Crippen molar-refractivity contribution >= 4 is 46.1 Å². The summed E-state index contributed by atoms with van der Waals surface area (Å²) in [5.41, 5.74) is 0.841. The fourth-order valence-electron chi connectivity index (χ4n) is 1.27. The van der Waals surface area contributed by atoms with Crippen molar-refractivity contribution in [2.75, 3.05) is 13.4 Å². The van der Waals surface area contributed by atoms with Crippen molar-refractivity contribution in [2.24, 2.45) is 0 Å². The molecular formula is C12H12BrNO3S. The number of ether oxygens (including phenoxy) is 1. The van der Waals surface area contributed by atoms with Gasteiger partial charge in [0.05, 0.1) is 16.5 Å². The standard InChI is InChI=1S/C12H12BrNO3S/c1-17-10-4-3-8(5-9(10)13)6-11(18-2)12(16)14-7-15/h3-7H,1-2H3,(H,14,15,16)/b11-6+. The predicted molar refractivity (Wildman–Crippen MR) is 76.4 cm³/mol. The fourth-order valence-corrected chi connectivity index (χ4v) is 2.32. The van der Waals surface area contributed by atoms with Crippen molar-refractivity contribution < 1.29 is 14.3 Å². The van der Waals surface area contributed by atoms with E-state index in [0.29, 0.717) is 11.3 Å². The Kier molecular flexibility index (Phi) is 5.94. The Morgan fingerprint density at radius 3 is 2.72 bits per heavy atom. The van der Waals surface area contributed by atoms with E-state index in [1.165, 1.54) is 11.8 Å². The number of methoxy groups -OCH3 is 1. The minimum Gasteiger partial charge on any atom is -0.496 e. The summed E-state index contributed by atoms with van der Waals surface area (Å²) < 4.78 is 5.92. The molecule has 0 aliphatic carbocycles. The molecule has 0 fully saturated rings. The summed E-state index contributed by atoms with van der Waals surface area (Å²) in [6, 6.07) is 5.46. The molecule has 1 aromatic carbocycles. The van der Waals surface area contributed by atoms with Crippen LogP contribution in [0.2, 0.25) is 0 Å². The highest BCUT2D eigenvalue weighted by Crippen LogP contribution is 2.27. The van der Waals surface area contributed by atoms with Crippen molar-refractivity contribution in [3.8, 4) is 5.75 Å². The van der Waals surface area contributed by atoms with Crippen molar-refractivity contribution in [2.45, 2.75) is 0 Å². The Morgan fingerprint density at radius 2 is 2.22 bits per heavy atom. The topological polar surface area (TPSA) is 55.4 Å². The maximum atomic E-state index is 11.5. The van der Waals surface area contributed by atoms with Gasteiger partial charge in [0.1, 0.15) is 5.75 Å². The van der Waals surface area contributed by atoms with Crippen LogP contribution >= 0.6 is 27.7 Å². The summed E-state index contributed by atoms with van der Waals surface area (Å²) in [4.78, 5) is 22.2. The van der Waals surface area contributed by atoms with Gasteiger partial charge in [0, 0.05) is 0 Å². The Balaban J connectivity index is 3.02. The molecule has 0 radical (unpaired) electrons. The lowest BCUT2D eigenvalue weighted by Gasteiger charge is -2.05. The molecule has 1 aromatic rings. The third-order valence-corrected chi connectivity index (χ3v) is 3.47. The first-order valence-electron chi connectivity index (χ1n) is 4.96. The second-order valence-corrected chi connectivity index (χ2v) is 4.90. The maximum absolute atomic E-state index is 11.5. The van der Waals surface area contributed by atoms with E-state index in [-0.39, 0.29) is 0 Å². The van der Waals surface area contributed by atoms with E-state index in [0.717, 1.165) is 15.8 Å². The summed E-state index contributed by atoms with van der Waals surface area (Å²) in [5.74, 6) is 0.305. The third-order valence-electron chi connectivity index (χ3n) is 2.11. The number of hydrogen-bond donors (Lipinski definition) is 1. The minimum atomic E-state index is -0.413. The lowest BCUT2D eigenvalue weighted by molar-refractivity contribution is -0.121. The van der Waals surface area contributed by atoms with E-state index < -0.39 is 5.91 Å². The second-order valence-electron chi connectivity index (χ2n) is 3.20. The van der Waals surface area contributed by atoms with Crippen molar-refractivity contribution in [1.29, 1.82) is 0 Å². The normalized spacial score (nSPS) is 10.9. The molecule has 18 heavy (non-hydrogen) atoms. The zero-order chi connectivity index (χ0) is 13.5. The van der Waals surface area contributed by atoms with Crippen LogP contribution in [0.15, 0.2) is 27.6 Å². The average Bonchev–Trinajstić information content (AvgIpc) is 2.36. The molecular weight excluding hydrogens is 318 g/mol. The van der Waals surface area contributed by atoms with E-state index in [4.69, 9.17) is 4.74 Å². The zero-order valence-electron chi connectivity index (χ0n) is 9.90. The van der Waals surface area contributed by atoms with Gasteiger partial charge in [-0.25, -0.2) is 0 Å². The quantitative estimate of drug-likeness (QED) is 0.665. The van der Waals surface area contributed by atoms with E-state index in [9.17, 15) is 9.59 Å². The van der Waals surface area contributed by atoms with Crippen LogP contribution in [0.5, 0.6) is 5.75 Å². The number of imide groups is 1. The molecule has 0 saturated heterocycles. The lowest BCUT2D eigenvalue weighted by Crippen LogP contribution is -2.21. The molecule has 96 valence electrons. The van der Waals surface area contributed by atoms with Gasteiger partial charge in [0.15, 0.2) is 0 Å². The lowest BCUT2D eigenvalue weighted by atomic mass is 10.2. The molecule has 1 rings (SSSR count). The Bertz CT molecular complexity index is 488. The van der Waals surface area contributed by atoms with Gasteiger partial charge in [-0.15, -0.1) is 11.8 Å². The molecule has 6 heteroatoms. The molecule has 0 unspecified atom stereocenters. The monoisotopic (exact) mass is 329 g/mol. The van der Waals surface area contributed by atoms with Crippen LogP contribution in [0, 0.1) is 0 Å². The van der Waals surface area contributed by atoms with Crippen molar-refractivity contribution in [3.63, 3.8) is 0 Å². The summed E-state index contributed by atoms with van der Waals surface area (Å²) >= 11 is 4.64. The number of thioether (sulfide) groups is 1. The summed E-state index contributed by atoms with van der Waals surface area (Å²) in [5, 5.41) is 2.11.